The summed E-state index contributed by atoms with van der Waals surface area (Å²) in [6, 6.07) is 8.85. The van der Waals surface area contributed by atoms with Crippen molar-refractivity contribution in [3.8, 4) is 0 Å². The van der Waals surface area contributed by atoms with E-state index < -0.39 is 17.7 Å². The van der Waals surface area contributed by atoms with Crippen LogP contribution in [-0.2, 0) is 9.59 Å². The summed E-state index contributed by atoms with van der Waals surface area (Å²) >= 11 is 3.40. The number of halogens is 1. The smallest absolute Gasteiger partial charge is 0.271 e. The predicted octanol–water partition coefficient (Wildman–Crippen LogP) is 1.97. The van der Waals surface area contributed by atoms with Crippen LogP contribution in [0, 0.1) is 12.8 Å². The lowest BCUT2D eigenvalue weighted by Gasteiger charge is -2.19. The molecule has 0 bridgehead atoms. The van der Waals surface area contributed by atoms with Gasteiger partial charge in [-0.05, 0) is 42.8 Å². The Morgan fingerprint density at radius 2 is 2.08 bits per heavy atom. The van der Waals surface area contributed by atoms with Crippen molar-refractivity contribution in [2.24, 2.45) is 5.92 Å². The number of benzene rings is 1. The first-order valence-electron chi connectivity index (χ1n) is 8.02. The average molecular weight is 417 g/mol. The molecule has 1 saturated heterocycles. The Bertz CT molecular complexity index is 857. The Kier molecular flexibility index (Phi) is 5.32. The third-order valence-electron chi connectivity index (χ3n) is 4.17. The van der Waals surface area contributed by atoms with Crippen LogP contribution in [0.15, 0.2) is 47.2 Å². The zero-order valence-electron chi connectivity index (χ0n) is 14.0. The van der Waals surface area contributed by atoms with Gasteiger partial charge in [-0.1, -0.05) is 15.9 Å². The van der Waals surface area contributed by atoms with E-state index in [0.29, 0.717) is 5.56 Å². The van der Waals surface area contributed by atoms with Crippen LogP contribution >= 0.6 is 15.9 Å². The fourth-order valence-electron chi connectivity index (χ4n) is 2.83. The molecule has 3 rings (SSSR count). The number of carbonyl (C=O) groups excluding carboxylic acids is 3. The van der Waals surface area contributed by atoms with Gasteiger partial charge in [0, 0.05) is 35.5 Å². The molecule has 3 amide bonds. The first kappa shape index (κ1) is 18.1. The molecular weight excluding hydrogens is 400 g/mol. The molecule has 0 radical (unpaired) electrons. The highest BCUT2D eigenvalue weighted by Gasteiger charge is 2.35. The maximum absolute atomic E-state index is 12.3. The van der Waals surface area contributed by atoms with Gasteiger partial charge in [-0.2, -0.15) is 0 Å². The summed E-state index contributed by atoms with van der Waals surface area (Å²) in [5.41, 5.74) is 6.80. The Morgan fingerprint density at radius 3 is 2.77 bits per heavy atom. The molecule has 2 N–H and O–H groups in total. The van der Waals surface area contributed by atoms with Crippen molar-refractivity contribution in [3.05, 3.63) is 58.3 Å². The van der Waals surface area contributed by atoms with Gasteiger partial charge in [-0.25, -0.2) is 0 Å². The summed E-state index contributed by atoms with van der Waals surface area (Å²) in [5, 5.41) is 0. The van der Waals surface area contributed by atoms with Gasteiger partial charge in [0.2, 0.25) is 11.8 Å². The fourth-order valence-corrected chi connectivity index (χ4v) is 3.30. The van der Waals surface area contributed by atoms with Crippen LogP contribution in [0.4, 0.5) is 5.69 Å². The minimum Gasteiger partial charge on any atom is -0.311 e. The van der Waals surface area contributed by atoms with Crippen LogP contribution in [0.2, 0.25) is 0 Å². The molecular formula is C18H17BrN4O3. The molecule has 0 spiro atoms. The largest absolute Gasteiger partial charge is 0.311 e. The number of nitrogens with one attached hydrogen (secondary N) is 2. The third-order valence-corrected chi connectivity index (χ3v) is 4.66. The predicted molar refractivity (Wildman–Crippen MR) is 99.2 cm³/mol. The van der Waals surface area contributed by atoms with Crippen LogP contribution in [0.5, 0.6) is 0 Å². The summed E-state index contributed by atoms with van der Waals surface area (Å²) in [6.45, 7) is 2.19. The lowest BCUT2D eigenvalue weighted by Crippen LogP contribution is -2.45. The zero-order valence-corrected chi connectivity index (χ0v) is 15.6. The van der Waals surface area contributed by atoms with Gasteiger partial charge in [0.15, 0.2) is 0 Å². The van der Waals surface area contributed by atoms with Crippen molar-refractivity contribution in [1.29, 1.82) is 0 Å². The lowest BCUT2D eigenvalue weighted by molar-refractivity contribution is -0.126. The molecule has 1 aromatic heterocycles. The molecule has 1 aliphatic heterocycles. The van der Waals surface area contributed by atoms with Gasteiger partial charge in [-0.15, -0.1) is 0 Å². The highest BCUT2D eigenvalue weighted by Crippen LogP contribution is 2.29. The summed E-state index contributed by atoms with van der Waals surface area (Å²) in [4.78, 5) is 42.0. The number of pyridine rings is 1. The molecule has 2 aromatic rings. The van der Waals surface area contributed by atoms with Gasteiger partial charge in [0.05, 0.1) is 11.5 Å². The molecule has 0 aliphatic carbocycles. The first-order valence-corrected chi connectivity index (χ1v) is 8.81. The van der Waals surface area contributed by atoms with E-state index in [2.05, 4.69) is 31.8 Å². The van der Waals surface area contributed by atoms with Crippen molar-refractivity contribution in [1.82, 2.24) is 15.8 Å². The SMILES string of the molecule is Cc1cc(Br)ccc1N1CC(C(=O)NNC(=O)c2cccnc2)CC1=O. The zero-order chi connectivity index (χ0) is 18.7. The van der Waals surface area contributed by atoms with Crippen LogP contribution in [0.25, 0.3) is 0 Å². The van der Waals surface area contributed by atoms with Crippen LogP contribution < -0.4 is 15.8 Å². The number of aromatic nitrogens is 1. The Labute approximate surface area is 158 Å². The van der Waals surface area contributed by atoms with Crippen molar-refractivity contribution < 1.29 is 14.4 Å². The number of nitrogens with zero attached hydrogens (tertiary/aromatic N) is 2. The topological polar surface area (TPSA) is 91.4 Å². The summed E-state index contributed by atoms with van der Waals surface area (Å²) < 4.78 is 0.929. The van der Waals surface area contributed by atoms with E-state index in [1.54, 1.807) is 23.2 Å². The van der Waals surface area contributed by atoms with E-state index >= 15 is 0 Å². The second kappa shape index (κ2) is 7.65. The highest BCUT2D eigenvalue weighted by atomic mass is 79.9. The van der Waals surface area contributed by atoms with Crippen LogP contribution in [-0.4, -0.2) is 29.3 Å². The maximum atomic E-state index is 12.3. The summed E-state index contributed by atoms with van der Waals surface area (Å²) in [7, 11) is 0. The number of aryl methyl sites for hydroxylation is 1. The molecule has 7 nitrogen and oxygen atoms in total. The second-order valence-electron chi connectivity index (χ2n) is 6.02. The van der Waals surface area contributed by atoms with Crippen molar-refractivity contribution >= 4 is 39.3 Å². The molecule has 1 unspecified atom stereocenters. The fraction of sp³-hybridized carbons (Fsp3) is 0.222. The number of carbonyl (C=O) groups is 3. The third kappa shape index (κ3) is 3.91. The van der Waals surface area contributed by atoms with Gasteiger partial charge in [0.1, 0.15) is 0 Å². The standard InChI is InChI=1S/C18H17BrN4O3/c1-11-7-14(19)4-5-15(11)23-10-13(8-16(23)24)18(26)22-21-17(25)12-3-2-6-20-9-12/h2-7,9,13H,8,10H2,1H3,(H,21,25)(H,22,26). The van der Waals surface area contributed by atoms with E-state index in [0.717, 1.165) is 15.7 Å². The van der Waals surface area contributed by atoms with Crippen LogP contribution in [0.1, 0.15) is 22.3 Å². The second-order valence-corrected chi connectivity index (χ2v) is 6.94. The quantitative estimate of drug-likeness (QED) is 0.748. The molecule has 2 heterocycles. The summed E-state index contributed by atoms with van der Waals surface area (Å²) in [5.74, 6) is -1.50. The molecule has 134 valence electrons. The summed E-state index contributed by atoms with van der Waals surface area (Å²) in [6.07, 6.45) is 3.06. The van der Waals surface area contributed by atoms with Crippen LogP contribution in [0.3, 0.4) is 0 Å². The monoisotopic (exact) mass is 416 g/mol. The molecule has 0 saturated carbocycles. The highest BCUT2D eigenvalue weighted by molar-refractivity contribution is 9.10. The Balaban J connectivity index is 1.61. The molecule has 1 aliphatic rings. The van der Waals surface area contributed by atoms with Gasteiger partial charge >= 0.3 is 0 Å². The minimum atomic E-state index is -0.528. The average Bonchev–Trinajstić information content (AvgIpc) is 3.02. The van der Waals surface area contributed by atoms with Gasteiger partial charge in [0.25, 0.3) is 5.91 Å². The van der Waals surface area contributed by atoms with Gasteiger partial charge in [-0.3, -0.25) is 30.2 Å². The molecule has 26 heavy (non-hydrogen) atoms. The van der Waals surface area contributed by atoms with Crippen molar-refractivity contribution in [2.45, 2.75) is 13.3 Å². The Morgan fingerprint density at radius 1 is 1.27 bits per heavy atom. The lowest BCUT2D eigenvalue weighted by atomic mass is 10.1. The molecule has 8 heteroatoms. The molecule has 1 fully saturated rings. The number of anilines is 1. The van der Waals surface area contributed by atoms with Gasteiger partial charge < -0.3 is 4.90 Å². The number of rotatable bonds is 3. The number of amides is 3. The Hall–Kier alpha value is -2.74. The number of hydrogen-bond donors (Lipinski definition) is 2. The first-order chi connectivity index (χ1) is 12.5. The van der Waals surface area contributed by atoms with Crippen molar-refractivity contribution in [3.63, 3.8) is 0 Å². The number of hydrazine groups is 1. The minimum absolute atomic E-state index is 0.101. The van der Waals surface area contributed by atoms with E-state index in [1.807, 2.05) is 25.1 Å². The van der Waals surface area contributed by atoms with Crippen molar-refractivity contribution in [2.75, 3.05) is 11.4 Å². The molecule has 1 aromatic carbocycles. The van der Waals surface area contributed by atoms with E-state index in [-0.39, 0.29) is 18.9 Å². The number of hydrogen-bond acceptors (Lipinski definition) is 4. The maximum Gasteiger partial charge on any atom is 0.271 e. The van der Waals surface area contributed by atoms with E-state index in [1.165, 1.54) is 6.20 Å². The molecule has 1 atom stereocenters. The van der Waals surface area contributed by atoms with E-state index in [4.69, 9.17) is 0 Å². The normalized spacial score (nSPS) is 16.5. The van der Waals surface area contributed by atoms with E-state index in [9.17, 15) is 14.4 Å².